The number of nitrogens with zero attached hydrogens (tertiary/aromatic N) is 3. The molecule has 2 aromatic rings. The number of rotatable bonds is 4. The molecule has 0 fully saturated rings. The number of nitrogens with one attached hydrogen (secondary N) is 1. The molecule has 1 atom stereocenters. The van der Waals surface area contributed by atoms with Gasteiger partial charge in [-0.05, 0) is 5.56 Å². The van der Waals surface area contributed by atoms with Gasteiger partial charge in [0.25, 0.3) is 5.56 Å². The van der Waals surface area contributed by atoms with Gasteiger partial charge in [0.2, 0.25) is 11.8 Å². The van der Waals surface area contributed by atoms with Crippen LogP contribution in [0, 0.1) is 0 Å². The average Bonchev–Trinajstić information content (AvgIpc) is 3.04. The van der Waals surface area contributed by atoms with Crippen molar-refractivity contribution in [3.63, 3.8) is 0 Å². The first kappa shape index (κ1) is 17.4. The van der Waals surface area contributed by atoms with E-state index in [1.807, 2.05) is 30.3 Å². The largest absolute Gasteiger partial charge is 0.494 e. The number of benzene rings is 1. The lowest BCUT2D eigenvalue weighted by Crippen LogP contribution is -2.33. The number of H-pyrrole nitrogens is 1. The number of amides is 1. The van der Waals surface area contributed by atoms with Crippen molar-refractivity contribution < 1.29 is 9.90 Å². The second-order valence-corrected chi connectivity index (χ2v) is 5.90. The maximum Gasteiger partial charge on any atom is 0.331 e. The summed E-state index contributed by atoms with van der Waals surface area (Å²) < 4.78 is 0.986. The molecular weight excluding hydrogens is 336 g/mol. The SMILES string of the molecule is C=CCn1c(O)c(C2=NN(C(C)=O)[C@@H](c3ccccc3)C2)c(=O)[nH]c1=O. The molecule has 1 aliphatic rings. The normalized spacial score (nSPS) is 16.4. The van der Waals surface area contributed by atoms with Crippen molar-refractivity contribution >= 4 is 11.6 Å². The first-order valence-electron chi connectivity index (χ1n) is 8.03. The molecule has 1 aliphatic heterocycles. The highest BCUT2D eigenvalue weighted by atomic mass is 16.3. The Labute approximate surface area is 148 Å². The zero-order chi connectivity index (χ0) is 18.8. The van der Waals surface area contributed by atoms with E-state index in [-0.39, 0.29) is 36.2 Å². The summed E-state index contributed by atoms with van der Waals surface area (Å²) in [6.07, 6.45) is 1.67. The van der Waals surface area contributed by atoms with Crippen molar-refractivity contribution in [2.45, 2.75) is 25.9 Å². The molecular formula is C18H18N4O4. The molecule has 0 spiro atoms. The fraction of sp³-hybridized carbons (Fsp3) is 0.222. The topological polar surface area (TPSA) is 108 Å². The summed E-state index contributed by atoms with van der Waals surface area (Å²) in [5.74, 6) is -0.779. The van der Waals surface area contributed by atoms with Crippen LogP contribution in [-0.2, 0) is 11.3 Å². The molecule has 2 heterocycles. The molecule has 1 amide bonds. The van der Waals surface area contributed by atoms with E-state index in [1.165, 1.54) is 18.0 Å². The second kappa shape index (κ2) is 6.83. The van der Waals surface area contributed by atoms with Gasteiger partial charge in [0.15, 0.2) is 0 Å². The first-order chi connectivity index (χ1) is 12.4. The van der Waals surface area contributed by atoms with Gasteiger partial charge in [0.05, 0.1) is 11.8 Å². The van der Waals surface area contributed by atoms with Gasteiger partial charge < -0.3 is 5.11 Å². The van der Waals surface area contributed by atoms with E-state index in [0.717, 1.165) is 10.1 Å². The Morgan fingerprint density at radius 2 is 2.08 bits per heavy atom. The van der Waals surface area contributed by atoms with Crippen LogP contribution in [0.1, 0.15) is 30.5 Å². The van der Waals surface area contributed by atoms with E-state index in [4.69, 9.17) is 0 Å². The predicted octanol–water partition coefficient (Wildman–Crippen LogP) is 1.13. The minimum Gasteiger partial charge on any atom is -0.494 e. The third kappa shape index (κ3) is 2.97. The highest BCUT2D eigenvalue weighted by Crippen LogP contribution is 2.33. The maximum atomic E-state index is 12.3. The third-order valence-electron chi connectivity index (χ3n) is 4.19. The molecule has 134 valence electrons. The number of aromatic amines is 1. The molecule has 0 bridgehead atoms. The monoisotopic (exact) mass is 354 g/mol. The molecule has 1 aromatic carbocycles. The minimum absolute atomic E-state index is 0.0280. The van der Waals surface area contributed by atoms with Gasteiger partial charge in [-0.15, -0.1) is 6.58 Å². The number of hydrogen-bond donors (Lipinski definition) is 2. The fourth-order valence-corrected chi connectivity index (χ4v) is 3.00. The fourth-order valence-electron chi connectivity index (χ4n) is 3.00. The Morgan fingerprint density at radius 3 is 2.69 bits per heavy atom. The Kier molecular flexibility index (Phi) is 4.57. The maximum absolute atomic E-state index is 12.3. The van der Waals surface area contributed by atoms with E-state index in [1.54, 1.807) is 0 Å². The first-order valence-corrected chi connectivity index (χ1v) is 8.03. The van der Waals surface area contributed by atoms with Gasteiger partial charge in [-0.1, -0.05) is 36.4 Å². The number of aromatic hydroxyl groups is 1. The Morgan fingerprint density at radius 1 is 1.38 bits per heavy atom. The lowest BCUT2D eigenvalue weighted by Gasteiger charge is -2.20. The van der Waals surface area contributed by atoms with Crippen molar-refractivity contribution in [2.24, 2.45) is 5.10 Å². The van der Waals surface area contributed by atoms with E-state index in [9.17, 15) is 19.5 Å². The van der Waals surface area contributed by atoms with Gasteiger partial charge in [0.1, 0.15) is 5.56 Å². The smallest absolute Gasteiger partial charge is 0.331 e. The van der Waals surface area contributed by atoms with Crippen LogP contribution in [0.25, 0.3) is 0 Å². The van der Waals surface area contributed by atoms with Crippen LogP contribution in [0.2, 0.25) is 0 Å². The van der Waals surface area contributed by atoms with E-state index < -0.39 is 17.1 Å². The molecule has 8 nitrogen and oxygen atoms in total. The molecule has 0 saturated carbocycles. The minimum atomic E-state index is -0.747. The quantitative estimate of drug-likeness (QED) is 0.802. The van der Waals surface area contributed by atoms with E-state index >= 15 is 0 Å². The van der Waals surface area contributed by atoms with Crippen molar-refractivity contribution in [1.82, 2.24) is 14.6 Å². The molecule has 0 saturated heterocycles. The molecule has 1 aromatic heterocycles. The van der Waals surface area contributed by atoms with Crippen LogP contribution < -0.4 is 11.2 Å². The van der Waals surface area contributed by atoms with E-state index in [2.05, 4.69) is 16.7 Å². The van der Waals surface area contributed by atoms with Crippen molar-refractivity contribution in [3.8, 4) is 5.88 Å². The molecule has 26 heavy (non-hydrogen) atoms. The zero-order valence-corrected chi connectivity index (χ0v) is 14.2. The van der Waals surface area contributed by atoms with Crippen LogP contribution in [-0.4, -0.2) is 31.3 Å². The van der Waals surface area contributed by atoms with E-state index in [0.29, 0.717) is 0 Å². The van der Waals surface area contributed by atoms with Crippen LogP contribution in [0.5, 0.6) is 5.88 Å². The zero-order valence-electron chi connectivity index (χ0n) is 14.2. The van der Waals surface area contributed by atoms with Crippen molar-refractivity contribution in [2.75, 3.05) is 0 Å². The summed E-state index contributed by atoms with van der Waals surface area (Å²) in [5.41, 5.74) is -0.500. The second-order valence-electron chi connectivity index (χ2n) is 5.90. The molecule has 0 unspecified atom stereocenters. The molecule has 0 aliphatic carbocycles. The lowest BCUT2D eigenvalue weighted by molar-refractivity contribution is -0.130. The van der Waals surface area contributed by atoms with Gasteiger partial charge in [-0.3, -0.25) is 19.1 Å². The number of carbonyl (C=O) groups excluding carboxylic acids is 1. The predicted molar refractivity (Wildman–Crippen MR) is 96.0 cm³/mol. The summed E-state index contributed by atoms with van der Waals surface area (Å²) in [4.78, 5) is 38.3. The number of hydrogen-bond acceptors (Lipinski definition) is 5. The number of carbonyl (C=O) groups is 1. The Hall–Kier alpha value is -3.42. The lowest BCUT2D eigenvalue weighted by atomic mass is 9.99. The third-order valence-corrected chi connectivity index (χ3v) is 4.19. The summed E-state index contributed by atoms with van der Waals surface area (Å²) >= 11 is 0. The highest BCUT2D eigenvalue weighted by Gasteiger charge is 2.34. The van der Waals surface area contributed by atoms with Gasteiger partial charge in [0, 0.05) is 19.9 Å². The van der Waals surface area contributed by atoms with Crippen LogP contribution in [0.3, 0.4) is 0 Å². The van der Waals surface area contributed by atoms with Gasteiger partial charge in [-0.25, -0.2) is 9.80 Å². The van der Waals surface area contributed by atoms with Crippen molar-refractivity contribution in [1.29, 1.82) is 0 Å². The number of allylic oxidation sites excluding steroid dienone is 1. The standard InChI is InChI=1S/C18H18N4O4/c1-3-9-21-17(25)15(16(24)19-18(21)26)13-10-14(22(20-13)11(2)23)12-7-5-4-6-8-12/h3-8,14,25H,1,9-10H2,2H3,(H,19,24,26)/t14-/m1/s1. The summed E-state index contributed by atoms with van der Waals surface area (Å²) in [7, 11) is 0. The Bertz CT molecular complexity index is 1000. The van der Waals surface area contributed by atoms with Gasteiger partial charge in [-0.2, -0.15) is 5.10 Å². The number of aromatic nitrogens is 2. The molecule has 2 N–H and O–H groups in total. The summed E-state index contributed by atoms with van der Waals surface area (Å²) in [6.45, 7) is 4.94. The Balaban J connectivity index is 2.11. The van der Waals surface area contributed by atoms with Gasteiger partial charge >= 0.3 is 5.69 Å². The van der Waals surface area contributed by atoms with Crippen LogP contribution in [0.4, 0.5) is 0 Å². The van der Waals surface area contributed by atoms with Crippen LogP contribution in [0.15, 0.2) is 57.7 Å². The molecule has 3 rings (SSSR count). The average molecular weight is 354 g/mol. The molecule has 8 heteroatoms. The molecule has 0 radical (unpaired) electrons. The number of hydrazone groups is 1. The van der Waals surface area contributed by atoms with Crippen molar-refractivity contribution in [3.05, 3.63) is 75.0 Å². The summed E-state index contributed by atoms with van der Waals surface area (Å²) in [6, 6.07) is 8.89. The van der Waals surface area contributed by atoms with Crippen LogP contribution >= 0.6 is 0 Å². The highest BCUT2D eigenvalue weighted by molar-refractivity contribution is 6.04. The summed E-state index contributed by atoms with van der Waals surface area (Å²) in [5, 5.41) is 16.0.